The van der Waals surface area contributed by atoms with Crippen molar-refractivity contribution in [1.29, 1.82) is 0 Å². The summed E-state index contributed by atoms with van der Waals surface area (Å²) < 4.78 is 0. The van der Waals surface area contributed by atoms with Crippen molar-refractivity contribution >= 4 is 17.1 Å². The molecule has 9 nitrogen and oxygen atoms in total. The van der Waals surface area contributed by atoms with Crippen LogP contribution in [0, 0.1) is 0 Å². The number of hydrogen-bond donors (Lipinski definition) is 5. The summed E-state index contributed by atoms with van der Waals surface area (Å²) in [6, 6.07) is 5.42. The summed E-state index contributed by atoms with van der Waals surface area (Å²) in [5, 5.41) is 17.5. The largest absolute Gasteiger partial charge is 0.508 e. The van der Waals surface area contributed by atoms with Gasteiger partial charge in [0.15, 0.2) is 11.2 Å². The second-order valence-electron chi connectivity index (χ2n) is 4.65. The number of hydrogen-bond acceptors (Lipinski definition) is 6. The zero-order valence-electron chi connectivity index (χ0n) is 11.9. The van der Waals surface area contributed by atoms with E-state index in [2.05, 4.69) is 19.9 Å². The minimum atomic E-state index is -1.02. The van der Waals surface area contributed by atoms with Gasteiger partial charge in [-0.15, -0.1) is 0 Å². The second-order valence-corrected chi connectivity index (χ2v) is 4.65. The number of aromatic nitrogens is 4. The Morgan fingerprint density at radius 2 is 1.78 bits per heavy atom. The van der Waals surface area contributed by atoms with Crippen LogP contribution in [-0.4, -0.2) is 42.2 Å². The van der Waals surface area contributed by atoms with Crippen molar-refractivity contribution in [2.24, 2.45) is 5.73 Å². The molecule has 0 amide bonds. The van der Waals surface area contributed by atoms with E-state index in [-0.39, 0.29) is 17.7 Å². The minimum absolute atomic E-state index is 0.160. The summed E-state index contributed by atoms with van der Waals surface area (Å²) in [5.74, 6) is -0.860. The van der Waals surface area contributed by atoms with E-state index in [0.29, 0.717) is 11.2 Å². The van der Waals surface area contributed by atoms with E-state index >= 15 is 0 Å². The molecule has 0 aliphatic heterocycles. The van der Waals surface area contributed by atoms with E-state index in [4.69, 9.17) is 15.9 Å². The molecule has 2 aromatic heterocycles. The van der Waals surface area contributed by atoms with Crippen molar-refractivity contribution < 1.29 is 15.0 Å². The van der Waals surface area contributed by atoms with Gasteiger partial charge < -0.3 is 25.9 Å². The van der Waals surface area contributed by atoms with Gasteiger partial charge in [0.05, 0.1) is 12.7 Å². The molecule has 1 aromatic carbocycles. The quantitative estimate of drug-likeness (QED) is 0.454. The molecule has 0 aliphatic rings. The normalized spacial score (nSPS) is 11.5. The monoisotopic (exact) mass is 317 g/mol. The van der Waals surface area contributed by atoms with Crippen LogP contribution in [0.4, 0.5) is 0 Å². The SMILES string of the molecule is N[C@@H](Cc1ccc(O)cc1)C(=O)O.O=c1[nH]cnc2nc[nH]c12. The molecule has 9 heteroatoms. The summed E-state index contributed by atoms with van der Waals surface area (Å²) >= 11 is 0. The summed E-state index contributed by atoms with van der Waals surface area (Å²) in [5.41, 5.74) is 6.80. The number of nitrogens with zero attached hydrogens (tertiary/aromatic N) is 2. The number of carboxylic acids is 1. The molecule has 120 valence electrons. The Labute approximate surface area is 129 Å². The first-order chi connectivity index (χ1) is 11.0. The maximum atomic E-state index is 10.9. The van der Waals surface area contributed by atoms with Crippen LogP contribution in [0.2, 0.25) is 0 Å². The Bertz CT molecular complexity index is 840. The first kappa shape index (κ1) is 16.2. The fourth-order valence-electron chi connectivity index (χ4n) is 1.75. The van der Waals surface area contributed by atoms with Crippen molar-refractivity contribution in [3.8, 4) is 5.75 Å². The van der Waals surface area contributed by atoms with Crippen LogP contribution < -0.4 is 11.3 Å². The standard InChI is InChI=1S/C9H11NO3.C5H4N4O/c10-8(9(12)13)5-6-1-3-7(11)4-2-6;10-5-3-4(7-1-6-3)8-2-9-5/h1-4,8,11H,5,10H2,(H,12,13);1-2H,(H2,6,7,8,9,10)/t8-;/m0./s1. The van der Waals surface area contributed by atoms with E-state index < -0.39 is 12.0 Å². The Kier molecular flexibility index (Phi) is 5.05. The highest BCUT2D eigenvalue weighted by molar-refractivity contribution is 5.73. The number of aromatic amines is 2. The number of nitrogens with one attached hydrogen (secondary N) is 2. The third-order valence-electron chi connectivity index (χ3n) is 2.94. The molecular weight excluding hydrogens is 302 g/mol. The Morgan fingerprint density at radius 1 is 1.17 bits per heavy atom. The highest BCUT2D eigenvalue weighted by atomic mass is 16.4. The first-order valence-corrected chi connectivity index (χ1v) is 6.60. The predicted octanol–water partition coefficient (Wildman–Crippen LogP) is -0.00720. The van der Waals surface area contributed by atoms with Crippen LogP contribution in [0.15, 0.2) is 41.7 Å². The molecule has 0 bridgehead atoms. The summed E-state index contributed by atoms with van der Waals surface area (Å²) in [7, 11) is 0. The molecule has 0 fully saturated rings. The van der Waals surface area contributed by atoms with E-state index in [1.54, 1.807) is 12.1 Å². The number of aliphatic carboxylic acids is 1. The van der Waals surface area contributed by atoms with Crippen molar-refractivity contribution in [2.75, 3.05) is 0 Å². The fourth-order valence-corrected chi connectivity index (χ4v) is 1.75. The van der Waals surface area contributed by atoms with Crippen LogP contribution in [0.25, 0.3) is 11.2 Å². The number of fused-ring (bicyclic) bond motifs is 1. The fraction of sp³-hybridized carbons (Fsp3) is 0.143. The summed E-state index contributed by atoms with van der Waals surface area (Å²) in [6.45, 7) is 0. The molecule has 3 aromatic rings. The Morgan fingerprint density at radius 3 is 2.35 bits per heavy atom. The third kappa shape index (κ3) is 4.38. The molecule has 0 saturated heterocycles. The van der Waals surface area contributed by atoms with Gasteiger partial charge in [-0.3, -0.25) is 9.59 Å². The van der Waals surface area contributed by atoms with Gasteiger partial charge in [-0.25, -0.2) is 9.97 Å². The third-order valence-corrected chi connectivity index (χ3v) is 2.94. The van der Waals surface area contributed by atoms with E-state index in [1.807, 2.05) is 0 Å². The number of H-pyrrole nitrogens is 2. The minimum Gasteiger partial charge on any atom is -0.508 e. The van der Waals surface area contributed by atoms with Crippen molar-refractivity contribution in [3.05, 3.63) is 52.8 Å². The zero-order chi connectivity index (χ0) is 16.8. The molecule has 6 N–H and O–H groups in total. The maximum Gasteiger partial charge on any atom is 0.320 e. The highest BCUT2D eigenvalue weighted by Gasteiger charge is 2.11. The van der Waals surface area contributed by atoms with Gasteiger partial charge in [-0.05, 0) is 24.1 Å². The maximum absolute atomic E-state index is 10.9. The number of phenols is 1. The first-order valence-electron chi connectivity index (χ1n) is 6.60. The van der Waals surface area contributed by atoms with Crippen LogP contribution in [0.1, 0.15) is 5.56 Å². The zero-order valence-corrected chi connectivity index (χ0v) is 11.9. The molecule has 23 heavy (non-hydrogen) atoms. The van der Waals surface area contributed by atoms with Crippen molar-refractivity contribution in [1.82, 2.24) is 19.9 Å². The Hall–Kier alpha value is -3.20. The van der Waals surface area contributed by atoms with Crippen molar-refractivity contribution in [3.63, 3.8) is 0 Å². The smallest absolute Gasteiger partial charge is 0.320 e. The van der Waals surface area contributed by atoms with E-state index in [9.17, 15) is 9.59 Å². The number of imidazole rings is 1. The Balaban J connectivity index is 0.000000172. The number of phenolic OH excluding ortho intramolecular Hbond substituents is 1. The summed E-state index contributed by atoms with van der Waals surface area (Å²) in [6.07, 6.45) is 3.04. The lowest BCUT2D eigenvalue weighted by molar-refractivity contribution is -0.138. The molecule has 2 heterocycles. The molecular formula is C14H15N5O4. The molecule has 0 unspecified atom stereocenters. The average molecular weight is 317 g/mol. The molecule has 0 spiro atoms. The van der Waals surface area contributed by atoms with E-state index in [1.165, 1.54) is 24.8 Å². The van der Waals surface area contributed by atoms with Gasteiger partial charge in [0.1, 0.15) is 11.8 Å². The van der Waals surface area contributed by atoms with E-state index in [0.717, 1.165) is 5.56 Å². The van der Waals surface area contributed by atoms with Crippen LogP contribution in [-0.2, 0) is 11.2 Å². The second kappa shape index (κ2) is 7.18. The number of carbonyl (C=O) groups is 1. The van der Waals surface area contributed by atoms with Crippen LogP contribution >= 0.6 is 0 Å². The molecule has 3 rings (SSSR count). The number of benzene rings is 1. The topological polar surface area (TPSA) is 158 Å². The van der Waals surface area contributed by atoms with Gasteiger partial charge in [-0.2, -0.15) is 0 Å². The number of nitrogens with two attached hydrogens (primary N) is 1. The lowest BCUT2D eigenvalue weighted by atomic mass is 10.1. The lowest BCUT2D eigenvalue weighted by Crippen LogP contribution is -2.32. The molecule has 1 atom stereocenters. The number of aromatic hydroxyl groups is 1. The average Bonchev–Trinajstić information content (AvgIpc) is 3.00. The van der Waals surface area contributed by atoms with Gasteiger partial charge in [0, 0.05) is 0 Å². The number of carboxylic acid groups (broad SMARTS) is 1. The summed E-state index contributed by atoms with van der Waals surface area (Å²) in [4.78, 5) is 34.0. The van der Waals surface area contributed by atoms with Crippen LogP contribution in [0.3, 0.4) is 0 Å². The lowest BCUT2D eigenvalue weighted by Gasteiger charge is -2.05. The van der Waals surface area contributed by atoms with Gasteiger partial charge >= 0.3 is 5.97 Å². The molecule has 0 radical (unpaired) electrons. The highest BCUT2D eigenvalue weighted by Crippen LogP contribution is 2.10. The molecule has 0 aliphatic carbocycles. The molecule has 0 saturated carbocycles. The van der Waals surface area contributed by atoms with Gasteiger partial charge in [-0.1, -0.05) is 12.1 Å². The number of rotatable bonds is 3. The van der Waals surface area contributed by atoms with Gasteiger partial charge in [0.25, 0.3) is 5.56 Å². The van der Waals surface area contributed by atoms with Crippen LogP contribution in [0.5, 0.6) is 5.75 Å². The van der Waals surface area contributed by atoms with Crippen molar-refractivity contribution in [2.45, 2.75) is 12.5 Å². The predicted molar refractivity (Wildman–Crippen MR) is 81.9 cm³/mol. The van der Waals surface area contributed by atoms with Gasteiger partial charge in [0.2, 0.25) is 0 Å².